The lowest BCUT2D eigenvalue weighted by Gasteiger charge is -2.31. The fourth-order valence-corrected chi connectivity index (χ4v) is 6.05. The topological polar surface area (TPSA) is 29.0 Å². The van der Waals surface area contributed by atoms with Gasteiger partial charge in [-0.1, -0.05) is 72.9 Å². The van der Waals surface area contributed by atoms with E-state index in [-0.39, 0.29) is 0 Å². The second kappa shape index (κ2) is 10.3. The van der Waals surface area contributed by atoms with Gasteiger partial charge in [-0.15, -0.1) is 0 Å². The van der Waals surface area contributed by atoms with E-state index >= 15 is 0 Å². The molecule has 0 spiro atoms. The number of hydrogen-bond donors (Lipinski definition) is 0. The van der Waals surface area contributed by atoms with Gasteiger partial charge in [-0.2, -0.15) is 0 Å². The molecule has 3 heteroatoms. The summed E-state index contributed by atoms with van der Waals surface area (Å²) in [5, 5.41) is 0. The third-order valence-corrected chi connectivity index (χ3v) is 8.12. The van der Waals surface area contributed by atoms with E-state index in [0.29, 0.717) is 5.92 Å². The van der Waals surface area contributed by atoms with Crippen molar-refractivity contribution < 1.29 is 0 Å². The lowest BCUT2D eigenvalue weighted by molar-refractivity contribution is 0.593. The molecule has 3 aliphatic rings. The van der Waals surface area contributed by atoms with Gasteiger partial charge in [0.2, 0.25) is 0 Å². The van der Waals surface area contributed by atoms with E-state index in [0.717, 1.165) is 59.7 Å². The fourth-order valence-electron chi connectivity index (χ4n) is 6.05. The van der Waals surface area contributed by atoms with E-state index in [1.165, 1.54) is 28.7 Å². The van der Waals surface area contributed by atoms with Crippen molar-refractivity contribution in [3.63, 3.8) is 0 Å². The molecule has 2 aromatic carbocycles. The highest BCUT2D eigenvalue weighted by molar-refractivity contribution is 5.82. The minimum absolute atomic E-state index is 0.622. The summed E-state index contributed by atoms with van der Waals surface area (Å²) in [5.74, 6) is 0.622. The molecular weight excluding hydrogens is 474 g/mol. The molecule has 0 fully saturated rings. The maximum atomic E-state index is 4.91. The van der Waals surface area contributed by atoms with Crippen LogP contribution < -0.4 is 4.90 Å². The molecule has 1 unspecified atom stereocenters. The molecule has 0 bridgehead atoms. The van der Waals surface area contributed by atoms with Crippen LogP contribution in [-0.2, 0) is 6.42 Å². The van der Waals surface area contributed by atoms with Crippen LogP contribution >= 0.6 is 0 Å². The van der Waals surface area contributed by atoms with E-state index in [4.69, 9.17) is 9.97 Å². The highest BCUT2D eigenvalue weighted by Crippen LogP contribution is 2.43. The van der Waals surface area contributed by atoms with Crippen LogP contribution in [-0.4, -0.2) is 9.97 Å². The largest absolute Gasteiger partial charge is 0.307 e. The second-order valence-electron chi connectivity index (χ2n) is 10.5. The minimum atomic E-state index is 0.622. The van der Waals surface area contributed by atoms with Gasteiger partial charge in [0.05, 0.1) is 35.2 Å². The van der Waals surface area contributed by atoms with Crippen LogP contribution in [0.2, 0.25) is 0 Å². The lowest BCUT2D eigenvalue weighted by atomic mass is 9.76. The summed E-state index contributed by atoms with van der Waals surface area (Å²) in [6, 6.07) is 25.9. The van der Waals surface area contributed by atoms with Crippen molar-refractivity contribution in [2.24, 2.45) is 5.92 Å². The normalized spacial score (nSPS) is 17.6. The molecule has 2 heterocycles. The number of fused-ring (bicyclic) bond motifs is 3. The van der Waals surface area contributed by atoms with Crippen molar-refractivity contribution in [2.45, 2.75) is 32.1 Å². The first kappa shape index (κ1) is 23.6. The summed E-state index contributed by atoms with van der Waals surface area (Å²) >= 11 is 0. The average Bonchev–Trinajstić information content (AvgIpc) is 3.03. The Balaban J connectivity index is 1.31. The van der Waals surface area contributed by atoms with Gasteiger partial charge in [0.25, 0.3) is 0 Å². The Bertz CT molecular complexity index is 1610. The molecule has 190 valence electrons. The Kier molecular flexibility index (Phi) is 6.26. The molecule has 0 saturated heterocycles. The van der Waals surface area contributed by atoms with Gasteiger partial charge in [0, 0.05) is 11.3 Å². The number of aromatic nitrogens is 2. The first-order chi connectivity index (χ1) is 19.3. The van der Waals surface area contributed by atoms with Crippen LogP contribution in [0.25, 0.3) is 22.4 Å². The molecule has 2 aromatic heterocycles. The molecule has 0 amide bonds. The number of hydrogen-bond acceptors (Lipinski definition) is 3. The predicted octanol–water partition coefficient (Wildman–Crippen LogP) is 9.25. The molecule has 39 heavy (non-hydrogen) atoms. The standard InChI is InChI=1S/C36H31N3/c1-3-10-28(11-4-1)35-21-19-31(24-37-35)39(32-20-22-36(38-25-32)29-12-5-2-6-13-29)30-18-17-27-16-15-26-9-7-8-14-33(26)34(27)23-30/h1-5,7-8,10-12,14,17-26H,6,9,13,15-16H2. The van der Waals surface area contributed by atoms with E-state index in [2.05, 4.69) is 108 Å². The van der Waals surface area contributed by atoms with Crippen LogP contribution in [0, 0.1) is 5.92 Å². The zero-order valence-electron chi connectivity index (χ0n) is 22.0. The zero-order valence-corrected chi connectivity index (χ0v) is 22.0. The molecule has 0 aliphatic heterocycles. The maximum Gasteiger partial charge on any atom is 0.0703 e. The summed E-state index contributed by atoms with van der Waals surface area (Å²) in [5.41, 5.74) is 11.9. The molecule has 4 aromatic rings. The Labute approximate surface area is 230 Å². The van der Waals surface area contributed by atoms with Crippen LogP contribution in [0.4, 0.5) is 17.1 Å². The highest BCUT2D eigenvalue weighted by atomic mass is 15.2. The van der Waals surface area contributed by atoms with E-state index in [9.17, 15) is 0 Å². The summed E-state index contributed by atoms with van der Waals surface area (Å²) in [4.78, 5) is 12.1. The number of anilines is 3. The van der Waals surface area contributed by atoms with Crippen molar-refractivity contribution in [3.05, 3.63) is 138 Å². The minimum Gasteiger partial charge on any atom is -0.307 e. The molecule has 0 N–H and O–H groups in total. The summed E-state index contributed by atoms with van der Waals surface area (Å²) in [7, 11) is 0. The van der Waals surface area contributed by atoms with Crippen LogP contribution in [0.15, 0.2) is 122 Å². The van der Waals surface area contributed by atoms with Gasteiger partial charge in [-0.25, -0.2) is 0 Å². The van der Waals surface area contributed by atoms with Gasteiger partial charge >= 0.3 is 0 Å². The Morgan fingerprint density at radius 3 is 2.21 bits per heavy atom. The van der Waals surface area contributed by atoms with Crippen LogP contribution in [0.1, 0.15) is 42.5 Å². The maximum absolute atomic E-state index is 4.91. The molecular formula is C36H31N3. The summed E-state index contributed by atoms with van der Waals surface area (Å²) < 4.78 is 0. The van der Waals surface area contributed by atoms with E-state index in [1.54, 1.807) is 0 Å². The van der Waals surface area contributed by atoms with E-state index in [1.807, 2.05) is 18.5 Å². The number of pyridine rings is 2. The number of rotatable bonds is 5. The summed E-state index contributed by atoms with van der Waals surface area (Å²) in [6.45, 7) is 0. The smallest absolute Gasteiger partial charge is 0.0703 e. The SMILES string of the molecule is C1=CCCC(c2ccc(N(c3ccc(-c4ccccc4)nc3)c3ccc4c(c3)C3=CC=CCC3CC4)cn2)=C1. The van der Waals surface area contributed by atoms with Crippen molar-refractivity contribution in [1.82, 2.24) is 9.97 Å². The molecule has 0 saturated carbocycles. The molecule has 1 atom stereocenters. The zero-order chi connectivity index (χ0) is 26.0. The van der Waals surface area contributed by atoms with Gasteiger partial charge < -0.3 is 4.90 Å². The highest BCUT2D eigenvalue weighted by Gasteiger charge is 2.25. The monoisotopic (exact) mass is 505 g/mol. The van der Waals surface area contributed by atoms with Crippen molar-refractivity contribution in [3.8, 4) is 11.3 Å². The van der Waals surface area contributed by atoms with Gasteiger partial charge in [-0.05, 0) is 96.7 Å². The molecule has 3 aliphatic carbocycles. The van der Waals surface area contributed by atoms with E-state index < -0.39 is 0 Å². The number of aryl methyl sites for hydroxylation is 1. The van der Waals surface area contributed by atoms with Gasteiger partial charge in [-0.3, -0.25) is 9.97 Å². The van der Waals surface area contributed by atoms with Crippen LogP contribution in [0.3, 0.4) is 0 Å². The first-order valence-corrected chi connectivity index (χ1v) is 14.0. The predicted molar refractivity (Wildman–Crippen MR) is 162 cm³/mol. The molecule has 3 nitrogen and oxygen atoms in total. The van der Waals surface area contributed by atoms with Crippen molar-refractivity contribution >= 4 is 28.2 Å². The Morgan fingerprint density at radius 2 is 1.46 bits per heavy atom. The number of nitrogens with zero attached hydrogens (tertiary/aromatic N) is 3. The van der Waals surface area contributed by atoms with Crippen molar-refractivity contribution in [2.75, 3.05) is 4.90 Å². The molecule has 7 rings (SSSR count). The van der Waals surface area contributed by atoms with Gasteiger partial charge in [0.1, 0.15) is 0 Å². The lowest BCUT2D eigenvalue weighted by Crippen LogP contribution is -2.16. The third kappa shape index (κ3) is 4.66. The Hall–Kier alpha value is -4.50. The number of benzene rings is 2. The van der Waals surface area contributed by atoms with Gasteiger partial charge in [0.15, 0.2) is 0 Å². The second-order valence-corrected chi connectivity index (χ2v) is 10.5. The first-order valence-electron chi connectivity index (χ1n) is 14.0. The third-order valence-electron chi connectivity index (χ3n) is 8.12. The quantitative estimate of drug-likeness (QED) is 0.271. The molecule has 0 radical (unpaired) electrons. The fraction of sp³-hybridized carbons (Fsp3) is 0.167. The Morgan fingerprint density at radius 1 is 0.692 bits per heavy atom. The average molecular weight is 506 g/mol. The summed E-state index contributed by atoms with van der Waals surface area (Å²) in [6.07, 6.45) is 23.0. The number of allylic oxidation sites excluding steroid dienone is 8. The van der Waals surface area contributed by atoms with Crippen LogP contribution in [0.5, 0.6) is 0 Å². The van der Waals surface area contributed by atoms with Crippen molar-refractivity contribution in [1.29, 1.82) is 0 Å².